The summed E-state index contributed by atoms with van der Waals surface area (Å²) in [6.07, 6.45) is 3.17. The zero-order chi connectivity index (χ0) is 17.1. The molecule has 24 heavy (non-hydrogen) atoms. The average Bonchev–Trinajstić information content (AvgIpc) is 3.04. The van der Waals surface area contributed by atoms with E-state index in [-0.39, 0.29) is 18.9 Å². The number of carbonyl (C=O) groups excluding carboxylic acids is 1. The van der Waals surface area contributed by atoms with E-state index in [0.717, 1.165) is 10.0 Å². The van der Waals surface area contributed by atoms with Crippen molar-refractivity contribution in [2.24, 2.45) is 0 Å². The van der Waals surface area contributed by atoms with Gasteiger partial charge in [-0.3, -0.25) is 9.59 Å². The van der Waals surface area contributed by atoms with Gasteiger partial charge in [0.1, 0.15) is 13.2 Å². The number of carboxylic acid groups (broad SMARTS) is 1. The lowest BCUT2D eigenvalue weighted by Gasteiger charge is -2.20. The van der Waals surface area contributed by atoms with E-state index in [0.29, 0.717) is 35.8 Å². The van der Waals surface area contributed by atoms with Gasteiger partial charge in [0.15, 0.2) is 11.5 Å². The molecular formula is C16H15BrN2O5. The minimum absolute atomic E-state index is 0.0730. The van der Waals surface area contributed by atoms with Gasteiger partial charge >= 0.3 is 5.97 Å². The summed E-state index contributed by atoms with van der Waals surface area (Å²) in [7, 11) is 0. The van der Waals surface area contributed by atoms with Crippen molar-refractivity contribution in [2.75, 3.05) is 19.8 Å². The minimum Gasteiger partial charge on any atom is -0.486 e. The highest BCUT2D eigenvalue weighted by Gasteiger charge is 2.20. The molecule has 0 atom stereocenters. The molecule has 3 rings (SSSR count). The van der Waals surface area contributed by atoms with Gasteiger partial charge in [-0.25, -0.2) is 0 Å². The summed E-state index contributed by atoms with van der Waals surface area (Å²) in [6.45, 7) is 1.04. The fourth-order valence-corrected chi connectivity index (χ4v) is 2.99. The van der Waals surface area contributed by atoms with Gasteiger partial charge in [0.2, 0.25) is 0 Å². The Hall–Kier alpha value is -2.48. The minimum atomic E-state index is -0.958. The smallest absolute Gasteiger partial charge is 0.305 e. The normalized spacial score (nSPS) is 12.7. The maximum absolute atomic E-state index is 12.3. The highest BCUT2D eigenvalue weighted by molar-refractivity contribution is 9.10. The molecule has 2 heterocycles. The second-order valence-electron chi connectivity index (χ2n) is 5.16. The van der Waals surface area contributed by atoms with Gasteiger partial charge in [0.05, 0.1) is 16.5 Å². The number of hydrogen-bond acceptors (Lipinski definition) is 4. The molecule has 0 bridgehead atoms. The Morgan fingerprint density at radius 3 is 2.83 bits per heavy atom. The van der Waals surface area contributed by atoms with Crippen LogP contribution in [-0.2, 0) is 4.79 Å². The van der Waals surface area contributed by atoms with E-state index in [4.69, 9.17) is 14.6 Å². The first-order chi connectivity index (χ1) is 11.6. The van der Waals surface area contributed by atoms with Crippen molar-refractivity contribution in [2.45, 2.75) is 6.42 Å². The molecule has 1 amide bonds. The molecule has 0 radical (unpaired) electrons. The lowest BCUT2D eigenvalue weighted by molar-refractivity contribution is -0.136. The molecule has 1 aromatic heterocycles. The van der Waals surface area contributed by atoms with E-state index in [9.17, 15) is 9.59 Å². The summed E-state index contributed by atoms with van der Waals surface area (Å²) >= 11 is 3.46. The van der Waals surface area contributed by atoms with Gasteiger partial charge in [0, 0.05) is 24.5 Å². The van der Waals surface area contributed by atoms with Crippen LogP contribution in [0.15, 0.2) is 29.0 Å². The van der Waals surface area contributed by atoms with Crippen molar-refractivity contribution < 1.29 is 24.2 Å². The molecule has 0 unspecified atom stereocenters. The number of benzene rings is 1. The van der Waals surface area contributed by atoms with Crippen LogP contribution in [0, 0.1) is 0 Å². The number of halogens is 1. The zero-order valence-corrected chi connectivity index (χ0v) is 14.2. The highest BCUT2D eigenvalue weighted by atomic mass is 79.9. The molecular weight excluding hydrogens is 380 g/mol. The highest BCUT2D eigenvalue weighted by Crippen LogP contribution is 2.41. The Balaban J connectivity index is 1.86. The molecule has 0 aliphatic carbocycles. The van der Waals surface area contributed by atoms with Gasteiger partial charge in [-0.2, -0.15) is 0 Å². The molecule has 0 spiro atoms. The first-order valence-corrected chi connectivity index (χ1v) is 8.12. The first-order valence-electron chi connectivity index (χ1n) is 7.32. The summed E-state index contributed by atoms with van der Waals surface area (Å²) in [4.78, 5) is 25.7. The molecule has 126 valence electrons. The van der Waals surface area contributed by atoms with Gasteiger partial charge in [0.25, 0.3) is 5.91 Å². The number of aromatic amines is 1. The third-order valence-corrected chi connectivity index (χ3v) is 4.11. The number of carboxylic acids is 1. The lowest BCUT2D eigenvalue weighted by atomic mass is 10.0. The van der Waals surface area contributed by atoms with Crippen LogP contribution in [0.2, 0.25) is 0 Å². The van der Waals surface area contributed by atoms with E-state index >= 15 is 0 Å². The molecule has 0 fully saturated rings. The standard InChI is InChI=1S/C16H15BrN2O5/c17-12-5-9(6-13-15(12)24-4-3-23-13)10-7-18-8-11(10)16(22)19-2-1-14(20)21/h5-8,18H,1-4H2,(H,19,22)(H,20,21). The fourth-order valence-electron chi connectivity index (χ4n) is 2.44. The number of nitrogens with one attached hydrogen (secondary N) is 2. The largest absolute Gasteiger partial charge is 0.486 e. The first kappa shape index (κ1) is 16.4. The van der Waals surface area contributed by atoms with Gasteiger partial charge < -0.3 is 24.9 Å². The van der Waals surface area contributed by atoms with E-state index in [1.165, 1.54) is 0 Å². The van der Waals surface area contributed by atoms with Gasteiger partial charge in [-0.15, -0.1) is 0 Å². The van der Waals surface area contributed by atoms with E-state index in [1.807, 2.05) is 12.1 Å². The second-order valence-corrected chi connectivity index (χ2v) is 6.02. The van der Waals surface area contributed by atoms with Crippen LogP contribution in [0.1, 0.15) is 16.8 Å². The number of amides is 1. The molecule has 1 aromatic carbocycles. The Morgan fingerprint density at radius 2 is 2.04 bits per heavy atom. The second kappa shape index (κ2) is 6.96. The topological polar surface area (TPSA) is 101 Å². The van der Waals surface area contributed by atoms with Crippen LogP contribution < -0.4 is 14.8 Å². The number of hydrogen-bond donors (Lipinski definition) is 3. The van der Waals surface area contributed by atoms with Crippen LogP contribution in [0.3, 0.4) is 0 Å². The third kappa shape index (κ3) is 3.38. The van der Waals surface area contributed by atoms with Crippen LogP contribution >= 0.6 is 15.9 Å². The third-order valence-electron chi connectivity index (χ3n) is 3.52. The van der Waals surface area contributed by atoms with Crippen molar-refractivity contribution in [3.05, 3.63) is 34.6 Å². The lowest BCUT2D eigenvalue weighted by Crippen LogP contribution is -2.26. The number of rotatable bonds is 5. The van der Waals surface area contributed by atoms with Crippen molar-refractivity contribution in [1.29, 1.82) is 0 Å². The SMILES string of the molecule is O=C(O)CCNC(=O)c1c[nH]cc1-c1cc(Br)c2c(c1)OCCO2. The van der Waals surface area contributed by atoms with Crippen molar-refractivity contribution in [1.82, 2.24) is 10.3 Å². The van der Waals surface area contributed by atoms with Crippen LogP contribution in [0.25, 0.3) is 11.1 Å². The van der Waals surface area contributed by atoms with Gasteiger partial charge in [-0.05, 0) is 33.6 Å². The quantitative estimate of drug-likeness (QED) is 0.722. The Labute approximate surface area is 146 Å². The molecule has 0 saturated carbocycles. The molecule has 1 aliphatic rings. The monoisotopic (exact) mass is 394 g/mol. The predicted molar refractivity (Wildman–Crippen MR) is 89.5 cm³/mol. The summed E-state index contributed by atoms with van der Waals surface area (Å²) in [5, 5.41) is 11.2. The number of aliphatic carboxylic acids is 1. The Kier molecular flexibility index (Phi) is 4.75. The predicted octanol–water partition coefficient (Wildman–Crippen LogP) is 2.42. The fraction of sp³-hybridized carbons (Fsp3) is 0.250. The number of ether oxygens (including phenoxy) is 2. The number of H-pyrrole nitrogens is 1. The van der Waals surface area contributed by atoms with Crippen LogP contribution in [0.4, 0.5) is 0 Å². The maximum atomic E-state index is 12.3. The van der Waals surface area contributed by atoms with Crippen molar-refractivity contribution in [3.8, 4) is 22.6 Å². The average molecular weight is 395 g/mol. The van der Waals surface area contributed by atoms with Crippen LogP contribution in [0.5, 0.6) is 11.5 Å². The van der Waals surface area contributed by atoms with E-state index in [2.05, 4.69) is 26.2 Å². The number of aromatic nitrogens is 1. The van der Waals surface area contributed by atoms with E-state index in [1.54, 1.807) is 12.4 Å². The summed E-state index contributed by atoms with van der Waals surface area (Å²) in [5.41, 5.74) is 1.92. The summed E-state index contributed by atoms with van der Waals surface area (Å²) < 4.78 is 11.9. The van der Waals surface area contributed by atoms with Crippen molar-refractivity contribution in [3.63, 3.8) is 0 Å². The van der Waals surface area contributed by atoms with Crippen LogP contribution in [-0.4, -0.2) is 41.7 Å². The van der Waals surface area contributed by atoms with Gasteiger partial charge in [-0.1, -0.05) is 0 Å². The van der Waals surface area contributed by atoms with Crippen molar-refractivity contribution >= 4 is 27.8 Å². The summed E-state index contributed by atoms with van der Waals surface area (Å²) in [5.74, 6) is -0.0315. The van der Waals surface area contributed by atoms with E-state index < -0.39 is 5.97 Å². The molecule has 2 aromatic rings. The molecule has 3 N–H and O–H groups in total. The number of carbonyl (C=O) groups is 2. The molecule has 8 heteroatoms. The Bertz CT molecular complexity index is 787. The molecule has 7 nitrogen and oxygen atoms in total. The molecule has 0 saturated heterocycles. The zero-order valence-electron chi connectivity index (χ0n) is 12.6. The summed E-state index contributed by atoms with van der Waals surface area (Å²) in [6, 6.07) is 3.67. The number of fused-ring (bicyclic) bond motifs is 1. The molecule has 1 aliphatic heterocycles. The maximum Gasteiger partial charge on any atom is 0.305 e. The Morgan fingerprint density at radius 1 is 1.25 bits per heavy atom.